The molecule has 0 radical (unpaired) electrons. The van der Waals surface area contributed by atoms with E-state index >= 15 is 0 Å². The Morgan fingerprint density at radius 2 is 2.10 bits per heavy atom. The number of fused-ring (bicyclic) bond motifs is 1. The fourth-order valence-corrected chi connectivity index (χ4v) is 4.41. The maximum Gasteiger partial charge on any atom is 0.213 e. The van der Waals surface area contributed by atoms with Gasteiger partial charge in [0.05, 0.1) is 12.6 Å². The second-order valence-corrected chi connectivity index (χ2v) is 7.79. The first kappa shape index (κ1) is 19.6. The number of hydrogen-bond donors (Lipinski definition) is 2. The van der Waals surface area contributed by atoms with Gasteiger partial charge in [-0.2, -0.15) is 0 Å². The van der Waals surface area contributed by atoms with Crippen LogP contribution >= 0.6 is 0 Å². The van der Waals surface area contributed by atoms with E-state index in [9.17, 15) is 0 Å². The third-order valence-corrected chi connectivity index (χ3v) is 5.80. The zero-order valence-corrected chi connectivity index (χ0v) is 17.3. The number of aliphatic imine (C=N–C) groups is 1. The fraction of sp³-hybridized carbons (Fsp3) is 0.478. The second kappa shape index (κ2) is 8.72. The summed E-state index contributed by atoms with van der Waals surface area (Å²) < 4.78 is 12.0. The van der Waals surface area contributed by atoms with Gasteiger partial charge in [-0.1, -0.05) is 18.2 Å². The molecular weight excluding hydrogens is 364 g/mol. The molecule has 1 atom stereocenters. The summed E-state index contributed by atoms with van der Waals surface area (Å²) in [6.07, 6.45) is 7.48. The van der Waals surface area contributed by atoms with Gasteiger partial charge in [0.25, 0.3) is 0 Å². The monoisotopic (exact) mass is 394 g/mol. The average molecular weight is 395 g/mol. The number of rotatable bonds is 5. The van der Waals surface area contributed by atoms with Crippen LogP contribution in [0.1, 0.15) is 56.2 Å². The highest BCUT2D eigenvalue weighted by Gasteiger charge is 2.43. The lowest BCUT2D eigenvalue weighted by Gasteiger charge is -2.40. The Morgan fingerprint density at radius 1 is 1.28 bits per heavy atom. The zero-order chi connectivity index (χ0) is 20.1. The van der Waals surface area contributed by atoms with E-state index in [-0.39, 0.29) is 11.6 Å². The minimum Gasteiger partial charge on any atom is -0.487 e. The molecule has 154 valence electrons. The number of hydrogen-bond acceptors (Lipinski definition) is 4. The third kappa shape index (κ3) is 4.47. The van der Waals surface area contributed by atoms with Crippen LogP contribution in [0, 0.1) is 0 Å². The Labute approximate surface area is 172 Å². The molecule has 1 fully saturated rings. The number of aromatic nitrogens is 1. The van der Waals surface area contributed by atoms with Crippen molar-refractivity contribution in [1.82, 2.24) is 15.6 Å². The molecule has 0 amide bonds. The lowest BCUT2D eigenvalue weighted by Crippen LogP contribution is -2.46. The third-order valence-electron chi connectivity index (χ3n) is 5.80. The van der Waals surface area contributed by atoms with E-state index in [0.717, 1.165) is 36.5 Å². The van der Waals surface area contributed by atoms with E-state index in [1.165, 1.54) is 18.4 Å². The van der Waals surface area contributed by atoms with E-state index in [1.54, 1.807) is 6.20 Å². The Balaban J connectivity index is 1.46. The molecule has 1 aromatic carbocycles. The Hall–Kier alpha value is -2.76. The van der Waals surface area contributed by atoms with Gasteiger partial charge >= 0.3 is 0 Å². The van der Waals surface area contributed by atoms with Crippen LogP contribution < -0.4 is 20.1 Å². The molecular formula is C23H30N4O2. The van der Waals surface area contributed by atoms with Gasteiger partial charge in [-0.3, -0.25) is 4.99 Å². The molecule has 29 heavy (non-hydrogen) atoms. The summed E-state index contributed by atoms with van der Waals surface area (Å²) in [6, 6.07) is 12.5. The Kier molecular flexibility index (Phi) is 5.88. The van der Waals surface area contributed by atoms with Crippen molar-refractivity contribution in [2.45, 2.75) is 57.2 Å². The van der Waals surface area contributed by atoms with Gasteiger partial charge in [0, 0.05) is 37.8 Å². The molecule has 0 bridgehead atoms. The number of ether oxygens (including phenoxy) is 2. The second-order valence-electron chi connectivity index (χ2n) is 7.79. The minimum absolute atomic E-state index is 0.0393. The summed E-state index contributed by atoms with van der Waals surface area (Å²) in [5.74, 6) is 2.44. The predicted molar refractivity (Wildman–Crippen MR) is 114 cm³/mol. The van der Waals surface area contributed by atoms with Crippen LogP contribution in [0.3, 0.4) is 0 Å². The van der Waals surface area contributed by atoms with Crippen LogP contribution in [-0.2, 0) is 6.54 Å². The van der Waals surface area contributed by atoms with E-state index in [2.05, 4.69) is 44.9 Å². The molecule has 2 aromatic rings. The van der Waals surface area contributed by atoms with Gasteiger partial charge < -0.3 is 20.1 Å². The predicted octanol–water partition coefficient (Wildman–Crippen LogP) is 3.98. The van der Waals surface area contributed by atoms with Crippen molar-refractivity contribution < 1.29 is 9.47 Å². The number of guanidine groups is 1. The maximum atomic E-state index is 6.47. The first-order valence-corrected chi connectivity index (χ1v) is 10.5. The standard InChI is InChI=1S/C23H30N4O2/c1-3-28-21-14-17(10-13-25-21)16-26-22(24-2)27-19-15-23(11-6-7-12-23)29-20-9-5-4-8-18(19)20/h4-5,8-10,13-14,19H,3,6-7,11-12,15-16H2,1-2H3,(H2,24,26,27). The Bertz CT molecular complexity index is 861. The molecule has 1 aliphatic heterocycles. The molecule has 0 saturated heterocycles. The van der Waals surface area contributed by atoms with Crippen molar-refractivity contribution in [1.29, 1.82) is 0 Å². The number of nitrogens with one attached hydrogen (secondary N) is 2. The molecule has 1 unspecified atom stereocenters. The van der Waals surface area contributed by atoms with Crippen LogP contribution in [0.2, 0.25) is 0 Å². The molecule has 6 heteroatoms. The van der Waals surface area contributed by atoms with Crippen LogP contribution in [0.25, 0.3) is 0 Å². The minimum atomic E-state index is -0.0393. The summed E-state index contributed by atoms with van der Waals surface area (Å²) >= 11 is 0. The summed E-state index contributed by atoms with van der Waals surface area (Å²) in [5.41, 5.74) is 2.27. The number of para-hydroxylation sites is 1. The topological polar surface area (TPSA) is 67.8 Å². The van der Waals surface area contributed by atoms with Crippen molar-refractivity contribution in [3.05, 3.63) is 53.7 Å². The molecule has 1 saturated carbocycles. The summed E-state index contributed by atoms with van der Waals surface area (Å²) in [4.78, 5) is 8.68. The molecule has 6 nitrogen and oxygen atoms in total. The van der Waals surface area contributed by atoms with Gasteiger partial charge in [0.1, 0.15) is 11.4 Å². The summed E-state index contributed by atoms with van der Waals surface area (Å²) in [6.45, 7) is 3.22. The normalized spacial score (nSPS) is 20.1. The van der Waals surface area contributed by atoms with Gasteiger partial charge in [0.2, 0.25) is 5.88 Å². The highest BCUT2D eigenvalue weighted by Crippen LogP contribution is 2.46. The van der Waals surface area contributed by atoms with Crippen LogP contribution in [-0.4, -0.2) is 30.2 Å². The van der Waals surface area contributed by atoms with Gasteiger partial charge in [0.15, 0.2) is 5.96 Å². The number of benzene rings is 1. The number of nitrogens with zero attached hydrogens (tertiary/aromatic N) is 2. The molecule has 2 N–H and O–H groups in total. The highest BCUT2D eigenvalue weighted by molar-refractivity contribution is 5.80. The zero-order valence-electron chi connectivity index (χ0n) is 17.3. The van der Waals surface area contributed by atoms with E-state index in [0.29, 0.717) is 19.0 Å². The van der Waals surface area contributed by atoms with Crippen molar-refractivity contribution in [3.8, 4) is 11.6 Å². The highest BCUT2D eigenvalue weighted by atomic mass is 16.5. The van der Waals surface area contributed by atoms with Crippen molar-refractivity contribution >= 4 is 5.96 Å². The van der Waals surface area contributed by atoms with Gasteiger partial charge in [-0.05, 0) is 50.3 Å². The Morgan fingerprint density at radius 3 is 2.90 bits per heavy atom. The molecule has 2 aliphatic rings. The maximum absolute atomic E-state index is 6.47. The van der Waals surface area contributed by atoms with E-state index < -0.39 is 0 Å². The summed E-state index contributed by atoms with van der Waals surface area (Å²) in [7, 11) is 1.81. The van der Waals surface area contributed by atoms with E-state index in [1.807, 2.05) is 26.1 Å². The van der Waals surface area contributed by atoms with Crippen molar-refractivity contribution in [3.63, 3.8) is 0 Å². The SMILES string of the molecule is CCOc1cc(CNC(=NC)NC2CC3(CCCC3)Oc3ccccc32)ccn1. The van der Waals surface area contributed by atoms with E-state index in [4.69, 9.17) is 9.47 Å². The fourth-order valence-electron chi connectivity index (χ4n) is 4.41. The molecule has 2 heterocycles. The van der Waals surface area contributed by atoms with Gasteiger partial charge in [-0.15, -0.1) is 0 Å². The van der Waals surface area contributed by atoms with Crippen LogP contribution in [0.15, 0.2) is 47.6 Å². The van der Waals surface area contributed by atoms with Crippen molar-refractivity contribution in [2.24, 2.45) is 4.99 Å². The molecule has 4 rings (SSSR count). The van der Waals surface area contributed by atoms with Gasteiger partial charge in [-0.25, -0.2) is 4.98 Å². The lowest BCUT2D eigenvalue weighted by atomic mass is 9.86. The first-order chi connectivity index (χ1) is 14.2. The van der Waals surface area contributed by atoms with Crippen molar-refractivity contribution in [2.75, 3.05) is 13.7 Å². The smallest absolute Gasteiger partial charge is 0.213 e. The quantitative estimate of drug-likeness (QED) is 0.593. The first-order valence-electron chi connectivity index (χ1n) is 10.5. The average Bonchev–Trinajstić information content (AvgIpc) is 3.18. The van der Waals surface area contributed by atoms with Crippen LogP contribution in [0.5, 0.6) is 11.6 Å². The largest absolute Gasteiger partial charge is 0.487 e. The molecule has 1 aromatic heterocycles. The molecule has 1 aliphatic carbocycles. The lowest BCUT2D eigenvalue weighted by molar-refractivity contribution is 0.0396. The molecule has 1 spiro atoms. The summed E-state index contributed by atoms with van der Waals surface area (Å²) in [5, 5.41) is 7.06. The number of pyridine rings is 1. The van der Waals surface area contributed by atoms with Crippen LogP contribution in [0.4, 0.5) is 0 Å².